The first-order valence-electron chi connectivity index (χ1n) is 5.82. The number of carbonyl (C=O) groups is 1. The Kier molecular flexibility index (Phi) is 2.77. The molecule has 0 N–H and O–H groups in total. The van der Waals surface area contributed by atoms with Gasteiger partial charge in [0, 0.05) is 17.0 Å². The quantitative estimate of drug-likeness (QED) is 0.628. The van der Waals surface area contributed by atoms with Crippen molar-refractivity contribution in [2.24, 2.45) is 0 Å². The van der Waals surface area contributed by atoms with Crippen molar-refractivity contribution in [3.05, 3.63) is 65.2 Å². The number of hydrogen-bond donors (Lipinski definition) is 0. The zero-order chi connectivity index (χ0) is 12.5. The fraction of sp³-hybridized carbons (Fsp3) is 0.0625. The van der Waals surface area contributed by atoms with Crippen LogP contribution in [0.3, 0.4) is 0 Å². The van der Waals surface area contributed by atoms with Gasteiger partial charge >= 0.3 is 0 Å². The van der Waals surface area contributed by atoms with Gasteiger partial charge in [-0.3, -0.25) is 4.79 Å². The molecule has 1 aliphatic carbocycles. The van der Waals surface area contributed by atoms with Gasteiger partial charge in [-0.1, -0.05) is 48.6 Å². The third-order valence-electron chi connectivity index (χ3n) is 3.15. The summed E-state index contributed by atoms with van der Waals surface area (Å²) in [5.74, 6) is 0.590. The first-order chi connectivity index (χ1) is 8.81. The van der Waals surface area contributed by atoms with Crippen LogP contribution in [0.5, 0.6) is 0 Å². The minimum atomic E-state index is 0.113. The molecule has 0 atom stereocenters. The van der Waals surface area contributed by atoms with Crippen molar-refractivity contribution in [2.75, 3.05) is 5.88 Å². The van der Waals surface area contributed by atoms with Gasteiger partial charge in [-0.15, -0.1) is 11.6 Å². The van der Waals surface area contributed by atoms with Crippen LogP contribution in [0.2, 0.25) is 0 Å². The van der Waals surface area contributed by atoms with Gasteiger partial charge in [0.1, 0.15) is 0 Å². The van der Waals surface area contributed by atoms with Crippen molar-refractivity contribution in [1.29, 1.82) is 0 Å². The van der Waals surface area contributed by atoms with Crippen molar-refractivity contribution in [2.45, 2.75) is 0 Å². The summed E-state index contributed by atoms with van der Waals surface area (Å²) in [7, 11) is 0. The summed E-state index contributed by atoms with van der Waals surface area (Å²) in [5.41, 5.74) is 4.65. The number of halogens is 1. The third-order valence-corrected chi connectivity index (χ3v) is 3.33. The number of alkyl halides is 1. The standard InChI is InChI=1S/C16H11ClO/c17-9-3-4-11-7-8-13-12-5-1-2-6-14(12)16(18)15(13)10-11/h1-8,10H,9H2. The fourth-order valence-corrected chi connectivity index (χ4v) is 2.42. The highest BCUT2D eigenvalue weighted by Crippen LogP contribution is 2.36. The van der Waals surface area contributed by atoms with Crippen LogP contribution in [0.4, 0.5) is 0 Å². The molecule has 0 unspecified atom stereocenters. The van der Waals surface area contributed by atoms with E-state index in [0.29, 0.717) is 5.88 Å². The number of carbonyl (C=O) groups excluding carboxylic acids is 1. The predicted molar refractivity (Wildman–Crippen MR) is 75.1 cm³/mol. The van der Waals surface area contributed by atoms with Crippen LogP contribution in [0.15, 0.2) is 48.5 Å². The van der Waals surface area contributed by atoms with E-state index in [9.17, 15) is 4.79 Å². The van der Waals surface area contributed by atoms with E-state index in [0.717, 1.165) is 27.8 Å². The van der Waals surface area contributed by atoms with Crippen LogP contribution in [-0.2, 0) is 0 Å². The van der Waals surface area contributed by atoms with Gasteiger partial charge in [0.05, 0.1) is 0 Å². The Morgan fingerprint density at radius 1 is 0.944 bits per heavy atom. The molecule has 2 aromatic carbocycles. The molecule has 0 bridgehead atoms. The van der Waals surface area contributed by atoms with Crippen LogP contribution in [0.1, 0.15) is 21.5 Å². The van der Waals surface area contributed by atoms with Crippen LogP contribution in [0.25, 0.3) is 17.2 Å². The molecule has 0 heterocycles. The first kappa shape index (κ1) is 11.2. The number of rotatable bonds is 2. The third kappa shape index (κ3) is 1.68. The second kappa shape index (κ2) is 4.43. The van der Waals surface area contributed by atoms with Gasteiger partial charge in [-0.2, -0.15) is 0 Å². The topological polar surface area (TPSA) is 17.1 Å². The normalized spacial score (nSPS) is 12.8. The molecule has 0 saturated carbocycles. The maximum Gasteiger partial charge on any atom is 0.194 e. The van der Waals surface area contributed by atoms with Crippen molar-refractivity contribution in [1.82, 2.24) is 0 Å². The van der Waals surface area contributed by atoms with E-state index in [2.05, 4.69) is 0 Å². The van der Waals surface area contributed by atoms with E-state index in [-0.39, 0.29) is 5.78 Å². The summed E-state index contributed by atoms with van der Waals surface area (Å²) in [6.07, 6.45) is 3.80. The smallest absolute Gasteiger partial charge is 0.194 e. The molecule has 1 aliphatic rings. The Hall–Kier alpha value is -1.86. The van der Waals surface area contributed by atoms with Crippen molar-refractivity contribution < 1.29 is 4.79 Å². The van der Waals surface area contributed by atoms with Crippen LogP contribution < -0.4 is 0 Å². The van der Waals surface area contributed by atoms with Crippen molar-refractivity contribution in [3.63, 3.8) is 0 Å². The summed E-state index contributed by atoms with van der Waals surface area (Å²) >= 11 is 5.62. The molecule has 0 amide bonds. The van der Waals surface area contributed by atoms with E-state index in [1.807, 2.05) is 54.6 Å². The van der Waals surface area contributed by atoms with E-state index in [1.54, 1.807) is 0 Å². The average molecular weight is 255 g/mol. The molecule has 3 rings (SSSR count). The summed E-state index contributed by atoms with van der Waals surface area (Å²) in [6, 6.07) is 13.7. The summed E-state index contributed by atoms with van der Waals surface area (Å²) in [5, 5.41) is 0. The van der Waals surface area contributed by atoms with Crippen LogP contribution in [-0.4, -0.2) is 11.7 Å². The molecule has 18 heavy (non-hydrogen) atoms. The lowest BCUT2D eigenvalue weighted by Crippen LogP contribution is -1.94. The molecule has 0 saturated heterocycles. The molecular formula is C16H11ClO. The molecule has 88 valence electrons. The Morgan fingerprint density at radius 2 is 1.67 bits per heavy atom. The molecular weight excluding hydrogens is 244 g/mol. The van der Waals surface area contributed by atoms with Gasteiger partial charge in [-0.25, -0.2) is 0 Å². The zero-order valence-corrected chi connectivity index (χ0v) is 10.4. The minimum Gasteiger partial charge on any atom is -0.289 e. The van der Waals surface area contributed by atoms with E-state index in [1.165, 1.54) is 0 Å². The molecule has 0 spiro atoms. The largest absolute Gasteiger partial charge is 0.289 e. The van der Waals surface area contributed by atoms with Crippen LogP contribution in [0, 0.1) is 0 Å². The Bertz CT molecular complexity index is 656. The first-order valence-corrected chi connectivity index (χ1v) is 6.35. The van der Waals surface area contributed by atoms with Gasteiger partial charge < -0.3 is 0 Å². The maximum absolute atomic E-state index is 12.3. The predicted octanol–water partition coefficient (Wildman–Crippen LogP) is 4.15. The summed E-state index contributed by atoms with van der Waals surface area (Å²) < 4.78 is 0. The van der Waals surface area contributed by atoms with Gasteiger partial charge in [0.25, 0.3) is 0 Å². The molecule has 0 fully saturated rings. The van der Waals surface area contributed by atoms with E-state index in [4.69, 9.17) is 11.6 Å². The fourth-order valence-electron chi connectivity index (χ4n) is 2.33. The molecule has 0 radical (unpaired) electrons. The van der Waals surface area contributed by atoms with Crippen LogP contribution >= 0.6 is 11.6 Å². The molecule has 2 aromatic rings. The van der Waals surface area contributed by atoms with E-state index < -0.39 is 0 Å². The summed E-state index contributed by atoms with van der Waals surface area (Å²) in [4.78, 5) is 12.3. The van der Waals surface area contributed by atoms with E-state index >= 15 is 0 Å². The Labute approximate surface area is 111 Å². The SMILES string of the molecule is O=C1c2ccccc2-c2ccc(C=CCCl)cc21. The zero-order valence-electron chi connectivity index (χ0n) is 9.69. The molecule has 1 nitrogen and oxygen atoms in total. The van der Waals surface area contributed by atoms with Crippen molar-refractivity contribution in [3.8, 4) is 11.1 Å². The second-order valence-corrected chi connectivity index (χ2v) is 4.55. The highest BCUT2D eigenvalue weighted by Gasteiger charge is 2.25. The van der Waals surface area contributed by atoms with Gasteiger partial charge in [-0.05, 0) is 22.8 Å². The average Bonchev–Trinajstić information content (AvgIpc) is 2.71. The monoisotopic (exact) mass is 254 g/mol. The lowest BCUT2D eigenvalue weighted by atomic mass is 10.0. The Balaban J connectivity index is 2.14. The minimum absolute atomic E-state index is 0.113. The Morgan fingerprint density at radius 3 is 2.44 bits per heavy atom. The number of benzene rings is 2. The van der Waals surface area contributed by atoms with Crippen molar-refractivity contribution >= 4 is 23.5 Å². The number of allylic oxidation sites excluding steroid dienone is 1. The maximum atomic E-state index is 12.3. The second-order valence-electron chi connectivity index (χ2n) is 4.24. The highest BCUT2D eigenvalue weighted by molar-refractivity contribution is 6.22. The number of ketones is 1. The lowest BCUT2D eigenvalue weighted by Gasteiger charge is -2.00. The lowest BCUT2D eigenvalue weighted by molar-refractivity contribution is 0.104. The molecule has 0 aliphatic heterocycles. The van der Waals surface area contributed by atoms with Gasteiger partial charge in [0.2, 0.25) is 0 Å². The van der Waals surface area contributed by atoms with Gasteiger partial charge in [0.15, 0.2) is 5.78 Å². The summed E-state index contributed by atoms with van der Waals surface area (Å²) in [6.45, 7) is 0. The highest BCUT2D eigenvalue weighted by atomic mass is 35.5. The number of hydrogen-bond acceptors (Lipinski definition) is 1. The number of fused-ring (bicyclic) bond motifs is 3. The molecule has 2 heteroatoms. The molecule has 0 aromatic heterocycles.